The number of nitrogens with zero attached hydrogens (tertiary/aromatic N) is 2. The van der Waals surface area contributed by atoms with Crippen LogP contribution < -0.4 is 20.3 Å². The number of aryl methyl sites for hydroxylation is 1. The van der Waals surface area contributed by atoms with Crippen molar-refractivity contribution in [1.82, 2.24) is 15.5 Å². The molecule has 13 heteroatoms. The Morgan fingerprint density at radius 3 is 2.47 bits per heavy atom. The van der Waals surface area contributed by atoms with Gasteiger partial charge in [0.25, 0.3) is 6.43 Å². The van der Waals surface area contributed by atoms with Crippen molar-refractivity contribution in [3.8, 4) is 5.75 Å². The highest BCUT2D eigenvalue weighted by atomic mass is 35.5. The lowest BCUT2D eigenvalue weighted by Crippen LogP contribution is -2.61. The molecule has 2 aliphatic rings. The number of carbonyl (C=O) groups is 2. The van der Waals surface area contributed by atoms with E-state index < -0.39 is 35.7 Å². The average molecular weight is 679 g/mol. The van der Waals surface area contributed by atoms with E-state index in [4.69, 9.17) is 16.3 Å². The van der Waals surface area contributed by atoms with E-state index >= 15 is 0 Å². The Morgan fingerprint density at radius 1 is 1.02 bits per heavy atom. The molecular formula is C34H36ClF5N4O3. The van der Waals surface area contributed by atoms with Crippen molar-refractivity contribution in [2.24, 2.45) is 0 Å². The molecule has 47 heavy (non-hydrogen) atoms. The highest BCUT2D eigenvalue weighted by Crippen LogP contribution is 2.33. The smallest absolute Gasteiger partial charge is 0.250 e. The van der Waals surface area contributed by atoms with Gasteiger partial charge in [0.15, 0.2) is 17.4 Å². The standard InChI is InChI=1S/C34H36ClF5N4O3/c35-26-10-5-22(13-14-41-18-30(38)39)16-23(26)20-43(24-8-9-24)34(46)29-17-42-19-31(45)44(29)25-6-3-21(4-7-25)2-1-15-47-33-28(37)12-11-27(36)32(33)40/h3-7,10-12,16,24,29-30,41-42H,1-2,8-9,13-15,17-20H2/t29-/m1/s1. The van der Waals surface area contributed by atoms with Crippen LogP contribution in [-0.4, -0.2) is 68.0 Å². The van der Waals surface area contributed by atoms with Gasteiger partial charge in [-0.05, 0) is 85.7 Å². The Kier molecular flexibility index (Phi) is 11.7. The average Bonchev–Trinajstić information content (AvgIpc) is 3.90. The van der Waals surface area contributed by atoms with Gasteiger partial charge in [0.2, 0.25) is 17.6 Å². The molecule has 5 rings (SSSR count). The van der Waals surface area contributed by atoms with Gasteiger partial charge in [-0.1, -0.05) is 35.9 Å². The Bertz CT molecular complexity index is 1560. The zero-order valence-corrected chi connectivity index (χ0v) is 26.3. The third kappa shape index (κ3) is 9.00. The van der Waals surface area contributed by atoms with Gasteiger partial charge >= 0.3 is 0 Å². The van der Waals surface area contributed by atoms with Crippen LogP contribution in [0.1, 0.15) is 36.0 Å². The van der Waals surface area contributed by atoms with Gasteiger partial charge in [0, 0.05) is 29.8 Å². The van der Waals surface area contributed by atoms with Crippen LogP contribution in [0.25, 0.3) is 0 Å². The van der Waals surface area contributed by atoms with Crippen molar-refractivity contribution in [2.45, 2.75) is 57.2 Å². The van der Waals surface area contributed by atoms with Crippen molar-refractivity contribution in [3.63, 3.8) is 0 Å². The fraction of sp³-hybridized carbons (Fsp3) is 0.412. The molecule has 0 aromatic heterocycles. The summed E-state index contributed by atoms with van der Waals surface area (Å²) in [7, 11) is 0. The van der Waals surface area contributed by atoms with Gasteiger partial charge in [-0.15, -0.1) is 0 Å². The van der Waals surface area contributed by atoms with E-state index in [0.29, 0.717) is 42.6 Å². The topological polar surface area (TPSA) is 73.9 Å². The molecule has 0 radical (unpaired) electrons. The summed E-state index contributed by atoms with van der Waals surface area (Å²) in [5, 5.41) is 6.27. The first-order valence-corrected chi connectivity index (χ1v) is 15.9. The normalized spacial score (nSPS) is 16.5. The van der Waals surface area contributed by atoms with Gasteiger partial charge in [0.05, 0.1) is 19.7 Å². The number of halogens is 6. The molecule has 2 amide bonds. The molecule has 7 nitrogen and oxygen atoms in total. The molecule has 1 aliphatic heterocycles. The lowest BCUT2D eigenvalue weighted by Gasteiger charge is -2.38. The van der Waals surface area contributed by atoms with Crippen molar-refractivity contribution in [1.29, 1.82) is 0 Å². The summed E-state index contributed by atoms with van der Waals surface area (Å²) in [5.41, 5.74) is 3.09. The van der Waals surface area contributed by atoms with E-state index in [0.717, 1.165) is 35.6 Å². The molecule has 1 atom stereocenters. The van der Waals surface area contributed by atoms with Gasteiger partial charge in [-0.25, -0.2) is 17.6 Å². The van der Waals surface area contributed by atoms with Gasteiger partial charge in [0.1, 0.15) is 6.04 Å². The summed E-state index contributed by atoms with van der Waals surface area (Å²) in [5.74, 6) is -4.73. The number of piperazine rings is 1. The molecule has 252 valence electrons. The van der Waals surface area contributed by atoms with Gasteiger partial charge < -0.3 is 20.3 Å². The summed E-state index contributed by atoms with van der Waals surface area (Å²) in [6.45, 7) is 0.559. The highest BCUT2D eigenvalue weighted by molar-refractivity contribution is 6.31. The summed E-state index contributed by atoms with van der Waals surface area (Å²) in [6.07, 6.45) is 0.671. The van der Waals surface area contributed by atoms with Crippen LogP contribution in [0.5, 0.6) is 5.75 Å². The number of alkyl halides is 2. The molecular weight excluding hydrogens is 643 g/mol. The number of nitrogens with one attached hydrogen (secondary N) is 2. The molecule has 3 aromatic carbocycles. The zero-order valence-electron chi connectivity index (χ0n) is 25.6. The molecule has 0 spiro atoms. The van der Waals surface area contributed by atoms with Gasteiger partial charge in [-0.3, -0.25) is 14.5 Å². The number of rotatable bonds is 15. The van der Waals surface area contributed by atoms with Crippen LogP contribution in [0, 0.1) is 17.5 Å². The third-order valence-corrected chi connectivity index (χ3v) is 8.53. The van der Waals surface area contributed by atoms with Crippen LogP contribution >= 0.6 is 11.6 Å². The largest absolute Gasteiger partial charge is 0.488 e. The maximum Gasteiger partial charge on any atom is 0.250 e. The fourth-order valence-electron chi connectivity index (χ4n) is 5.60. The van der Waals surface area contributed by atoms with Crippen molar-refractivity contribution >= 4 is 29.1 Å². The zero-order chi connectivity index (χ0) is 33.5. The second-order valence-corrected chi connectivity index (χ2v) is 12.1. The lowest BCUT2D eigenvalue weighted by molar-refractivity contribution is -0.136. The molecule has 3 aromatic rings. The minimum Gasteiger partial charge on any atom is -0.488 e. The molecule has 1 saturated carbocycles. The number of hydrogen-bond acceptors (Lipinski definition) is 5. The molecule has 2 N–H and O–H groups in total. The second kappa shape index (κ2) is 15.9. The Labute approximate surface area is 275 Å². The van der Waals surface area contributed by atoms with E-state index in [1.165, 1.54) is 4.90 Å². The molecule has 1 heterocycles. The quantitative estimate of drug-likeness (QED) is 0.123. The highest BCUT2D eigenvalue weighted by Gasteiger charge is 2.41. The van der Waals surface area contributed by atoms with Crippen molar-refractivity contribution in [3.05, 3.63) is 93.8 Å². The first kappa shape index (κ1) is 34.6. The minimum absolute atomic E-state index is 0.0210. The monoisotopic (exact) mass is 678 g/mol. The lowest BCUT2D eigenvalue weighted by atomic mass is 10.0. The van der Waals surface area contributed by atoms with Crippen LogP contribution in [0.15, 0.2) is 54.6 Å². The van der Waals surface area contributed by atoms with Crippen LogP contribution in [0.4, 0.5) is 27.6 Å². The number of anilines is 1. The van der Waals surface area contributed by atoms with E-state index in [-0.39, 0.29) is 50.6 Å². The third-order valence-electron chi connectivity index (χ3n) is 8.16. The predicted octanol–water partition coefficient (Wildman–Crippen LogP) is 5.66. The van der Waals surface area contributed by atoms with Gasteiger partial charge in [-0.2, -0.15) is 4.39 Å². The second-order valence-electron chi connectivity index (χ2n) is 11.7. The van der Waals surface area contributed by atoms with Crippen LogP contribution in [0.3, 0.4) is 0 Å². The molecule has 1 aliphatic carbocycles. The Balaban J connectivity index is 1.23. The number of benzene rings is 3. The Morgan fingerprint density at radius 2 is 1.74 bits per heavy atom. The van der Waals surface area contributed by atoms with Crippen molar-refractivity contribution < 1.29 is 36.3 Å². The number of ether oxygens (including phenoxy) is 1. The fourth-order valence-corrected chi connectivity index (χ4v) is 5.78. The molecule has 2 fully saturated rings. The maximum absolute atomic E-state index is 14.1. The summed E-state index contributed by atoms with van der Waals surface area (Å²) < 4.78 is 71.1. The van der Waals surface area contributed by atoms with E-state index in [1.54, 1.807) is 23.1 Å². The van der Waals surface area contributed by atoms with E-state index in [9.17, 15) is 31.5 Å². The number of carbonyl (C=O) groups excluding carboxylic acids is 2. The maximum atomic E-state index is 14.1. The molecule has 0 bridgehead atoms. The number of hydrogen-bond donors (Lipinski definition) is 2. The summed E-state index contributed by atoms with van der Waals surface area (Å²) in [4.78, 5) is 30.5. The van der Waals surface area contributed by atoms with Crippen molar-refractivity contribution in [2.75, 3.05) is 37.7 Å². The van der Waals surface area contributed by atoms with Crippen LogP contribution in [-0.2, 0) is 29.0 Å². The van der Waals surface area contributed by atoms with Crippen LogP contribution in [0.2, 0.25) is 5.02 Å². The predicted molar refractivity (Wildman–Crippen MR) is 168 cm³/mol. The SMILES string of the molecule is O=C([C@H]1CNCC(=O)N1c1ccc(CCCOc2c(F)ccc(F)c2F)cc1)N(Cc1cc(CCNCC(F)F)ccc1Cl)C1CC1. The van der Waals surface area contributed by atoms with E-state index in [2.05, 4.69) is 10.6 Å². The minimum atomic E-state index is -2.42. The Hall–Kier alpha value is -3.74. The number of amides is 2. The summed E-state index contributed by atoms with van der Waals surface area (Å²) in [6, 6.07) is 13.4. The van der Waals surface area contributed by atoms with E-state index in [1.807, 2.05) is 24.3 Å². The summed E-state index contributed by atoms with van der Waals surface area (Å²) >= 11 is 6.53. The first-order chi connectivity index (χ1) is 22.6. The molecule has 0 unspecified atom stereocenters. The molecule has 1 saturated heterocycles. The first-order valence-electron chi connectivity index (χ1n) is 15.6.